The summed E-state index contributed by atoms with van der Waals surface area (Å²) in [6.07, 6.45) is 0.937. The van der Waals surface area contributed by atoms with Crippen molar-refractivity contribution in [2.75, 3.05) is 6.54 Å². The van der Waals surface area contributed by atoms with Gasteiger partial charge in [-0.3, -0.25) is 9.69 Å². The number of halogens is 2. The Labute approximate surface area is 153 Å². The lowest BCUT2D eigenvalue weighted by molar-refractivity contribution is -0.119. The number of amides is 1. The Kier molecular flexibility index (Phi) is 5.67. The van der Waals surface area contributed by atoms with Gasteiger partial charge in [0.2, 0.25) is 5.91 Å². The Morgan fingerprint density at radius 3 is 2.46 bits per heavy atom. The van der Waals surface area contributed by atoms with E-state index in [1.165, 1.54) is 24.6 Å². The van der Waals surface area contributed by atoms with E-state index in [4.69, 9.17) is 0 Å². The zero-order chi connectivity index (χ0) is 18.7. The average Bonchev–Trinajstić information content (AvgIpc) is 2.97. The molecule has 3 rings (SSSR count). The summed E-state index contributed by atoms with van der Waals surface area (Å²) in [7, 11) is 0. The average molecular weight is 358 g/mol. The summed E-state index contributed by atoms with van der Waals surface area (Å²) in [6.45, 7) is 5.94. The second kappa shape index (κ2) is 7.96. The topological polar surface area (TPSA) is 32.3 Å². The maximum absolute atomic E-state index is 13.5. The zero-order valence-corrected chi connectivity index (χ0v) is 15.1. The van der Waals surface area contributed by atoms with Crippen LogP contribution in [0.15, 0.2) is 42.5 Å². The highest BCUT2D eigenvalue weighted by atomic mass is 19.2. The van der Waals surface area contributed by atoms with Crippen molar-refractivity contribution >= 4 is 5.91 Å². The van der Waals surface area contributed by atoms with E-state index in [1.54, 1.807) is 6.07 Å². The van der Waals surface area contributed by atoms with E-state index >= 15 is 0 Å². The predicted molar refractivity (Wildman–Crippen MR) is 97.6 cm³/mol. The fourth-order valence-electron chi connectivity index (χ4n) is 3.64. The fraction of sp³-hybridized carbons (Fsp3) is 0.381. The van der Waals surface area contributed by atoms with Crippen molar-refractivity contribution < 1.29 is 13.6 Å². The lowest BCUT2D eigenvalue weighted by Crippen LogP contribution is -2.29. The molecule has 0 aromatic heterocycles. The summed E-state index contributed by atoms with van der Waals surface area (Å²) in [5.41, 5.74) is 3.14. The normalized spacial score (nSPS) is 20.3. The molecule has 1 amide bonds. The maximum atomic E-state index is 13.5. The molecule has 2 aromatic rings. The van der Waals surface area contributed by atoms with Crippen LogP contribution in [0.1, 0.15) is 42.9 Å². The first-order chi connectivity index (χ1) is 12.4. The molecule has 2 atom stereocenters. The van der Waals surface area contributed by atoms with Gasteiger partial charge in [0.05, 0.1) is 0 Å². The number of carbonyl (C=O) groups is 1. The van der Waals surface area contributed by atoms with Crippen molar-refractivity contribution in [1.29, 1.82) is 0 Å². The predicted octanol–water partition coefficient (Wildman–Crippen LogP) is 3.98. The van der Waals surface area contributed by atoms with Crippen molar-refractivity contribution in [3.63, 3.8) is 0 Å². The molecule has 0 saturated carbocycles. The van der Waals surface area contributed by atoms with E-state index < -0.39 is 11.6 Å². The van der Waals surface area contributed by atoms with Crippen LogP contribution in [0.3, 0.4) is 0 Å². The van der Waals surface area contributed by atoms with Gasteiger partial charge < -0.3 is 5.32 Å². The third-order valence-electron chi connectivity index (χ3n) is 5.21. The van der Waals surface area contributed by atoms with Crippen molar-refractivity contribution in [2.45, 2.75) is 45.3 Å². The number of hydrogen-bond donors (Lipinski definition) is 1. The number of rotatable bonds is 5. The van der Waals surface area contributed by atoms with Gasteiger partial charge in [0.1, 0.15) is 0 Å². The van der Waals surface area contributed by atoms with Gasteiger partial charge in [0.15, 0.2) is 11.6 Å². The molecule has 2 aromatic carbocycles. The maximum Gasteiger partial charge on any atom is 0.217 e. The number of carbonyl (C=O) groups excluding carboxylic acids is 1. The molecule has 0 spiro atoms. The number of nitrogens with zero attached hydrogens (tertiary/aromatic N) is 1. The molecule has 1 heterocycles. The van der Waals surface area contributed by atoms with E-state index in [2.05, 4.69) is 29.3 Å². The molecule has 0 radical (unpaired) electrons. The second-order valence-electron chi connectivity index (χ2n) is 7.01. The summed E-state index contributed by atoms with van der Waals surface area (Å²) < 4.78 is 26.7. The molecule has 1 N–H and O–H groups in total. The highest BCUT2D eigenvalue weighted by Gasteiger charge is 2.32. The fourth-order valence-corrected chi connectivity index (χ4v) is 3.64. The highest BCUT2D eigenvalue weighted by Crippen LogP contribution is 2.34. The number of hydrogen-bond acceptors (Lipinski definition) is 2. The Bertz CT molecular complexity index is 776. The molecule has 0 aliphatic carbocycles. The van der Waals surface area contributed by atoms with E-state index in [-0.39, 0.29) is 17.9 Å². The van der Waals surface area contributed by atoms with Gasteiger partial charge in [-0.1, -0.05) is 30.3 Å². The lowest BCUT2D eigenvalue weighted by Gasteiger charge is -2.25. The molecule has 3 nitrogen and oxygen atoms in total. The number of benzene rings is 2. The van der Waals surface area contributed by atoms with Crippen molar-refractivity contribution in [2.24, 2.45) is 0 Å². The van der Waals surface area contributed by atoms with Crippen LogP contribution in [0.4, 0.5) is 8.78 Å². The Balaban J connectivity index is 1.62. The quantitative estimate of drug-likeness (QED) is 0.877. The van der Waals surface area contributed by atoms with E-state index in [0.29, 0.717) is 6.54 Å². The van der Waals surface area contributed by atoms with E-state index in [9.17, 15) is 13.6 Å². The highest BCUT2D eigenvalue weighted by molar-refractivity contribution is 5.72. The first kappa shape index (κ1) is 18.5. The van der Waals surface area contributed by atoms with Crippen LogP contribution < -0.4 is 5.32 Å². The minimum absolute atomic E-state index is 0.0387. The molecule has 0 bridgehead atoms. The zero-order valence-electron chi connectivity index (χ0n) is 15.1. The standard InChI is InChI=1S/C21H24F2N2O/c1-14-19(18-7-8-20(22)21(23)11-18)9-10-25(14)13-17-5-3-16(4-6-17)12-24-15(2)26/h3-8,11,14,19H,9-10,12-13H2,1-2H3,(H,24,26). The van der Waals surface area contributed by atoms with Crippen molar-refractivity contribution in [3.05, 3.63) is 70.8 Å². The van der Waals surface area contributed by atoms with E-state index in [0.717, 1.165) is 30.6 Å². The van der Waals surface area contributed by atoms with Gasteiger partial charge in [-0.05, 0) is 48.7 Å². The van der Waals surface area contributed by atoms with Crippen LogP contribution in [0.25, 0.3) is 0 Å². The van der Waals surface area contributed by atoms with Gasteiger partial charge in [0, 0.05) is 32.0 Å². The van der Waals surface area contributed by atoms with Crippen LogP contribution in [-0.4, -0.2) is 23.4 Å². The molecule has 5 heteroatoms. The SMILES string of the molecule is CC(=O)NCc1ccc(CN2CCC(c3ccc(F)c(F)c3)C2C)cc1. The largest absolute Gasteiger partial charge is 0.352 e. The molecule has 2 unspecified atom stereocenters. The summed E-state index contributed by atoms with van der Waals surface area (Å²) in [5, 5.41) is 2.79. The Hall–Kier alpha value is -2.27. The first-order valence-electron chi connectivity index (χ1n) is 8.95. The van der Waals surface area contributed by atoms with Gasteiger partial charge >= 0.3 is 0 Å². The molecule has 138 valence electrons. The molecule has 1 fully saturated rings. The van der Waals surface area contributed by atoms with Crippen molar-refractivity contribution in [1.82, 2.24) is 10.2 Å². The monoisotopic (exact) mass is 358 g/mol. The second-order valence-corrected chi connectivity index (χ2v) is 7.01. The summed E-state index contributed by atoms with van der Waals surface area (Å²) in [5.74, 6) is -1.40. The molecule has 1 aliphatic heterocycles. The Morgan fingerprint density at radius 1 is 1.12 bits per heavy atom. The first-order valence-corrected chi connectivity index (χ1v) is 8.95. The van der Waals surface area contributed by atoms with Crippen molar-refractivity contribution in [3.8, 4) is 0 Å². The third kappa shape index (κ3) is 4.28. The van der Waals surface area contributed by atoms with Crippen LogP contribution in [-0.2, 0) is 17.9 Å². The molecule has 26 heavy (non-hydrogen) atoms. The van der Waals surface area contributed by atoms with Gasteiger partial charge in [-0.25, -0.2) is 8.78 Å². The lowest BCUT2D eigenvalue weighted by atomic mass is 9.92. The third-order valence-corrected chi connectivity index (χ3v) is 5.21. The summed E-state index contributed by atoms with van der Waals surface area (Å²) in [6, 6.07) is 12.7. The van der Waals surface area contributed by atoms with Crippen LogP contribution in [0.2, 0.25) is 0 Å². The smallest absolute Gasteiger partial charge is 0.217 e. The van der Waals surface area contributed by atoms with Gasteiger partial charge in [-0.15, -0.1) is 0 Å². The number of likely N-dealkylation sites (tertiary alicyclic amines) is 1. The number of nitrogens with one attached hydrogen (secondary N) is 1. The minimum atomic E-state index is -0.796. The van der Waals surface area contributed by atoms with E-state index in [1.807, 2.05) is 12.1 Å². The molecule has 1 saturated heterocycles. The van der Waals surface area contributed by atoms with Gasteiger partial charge in [-0.2, -0.15) is 0 Å². The van der Waals surface area contributed by atoms with Crippen LogP contribution >= 0.6 is 0 Å². The summed E-state index contributed by atoms with van der Waals surface area (Å²) in [4.78, 5) is 13.3. The molecular formula is C21H24F2N2O. The minimum Gasteiger partial charge on any atom is -0.352 e. The molecule has 1 aliphatic rings. The van der Waals surface area contributed by atoms with Crippen LogP contribution in [0.5, 0.6) is 0 Å². The van der Waals surface area contributed by atoms with Gasteiger partial charge in [0.25, 0.3) is 0 Å². The van der Waals surface area contributed by atoms with Crippen LogP contribution in [0, 0.1) is 11.6 Å². The molecular weight excluding hydrogens is 334 g/mol. The summed E-state index contributed by atoms with van der Waals surface area (Å²) >= 11 is 0. The Morgan fingerprint density at radius 2 is 1.81 bits per heavy atom.